The Balaban J connectivity index is 2.53. The minimum absolute atomic E-state index is 0.0271. The highest BCUT2D eigenvalue weighted by atomic mass is 19.1. The fourth-order valence-electron chi connectivity index (χ4n) is 1.19. The number of benzene rings is 1. The van der Waals surface area contributed by atoms with Crippen LogP contribution in [0.15, 0.2) is 18.2 Å². The van der Waals surface area contributed by atoms with Crippen molar-refractivity contribution in [2.75, 3.05) is 18.5 Å². The molecule has 0 unspecified atom stereocenters. The monoisotopic (exact) mass is 226 g/mol. The molecule has 3 N–H and O–H groups in total. The van der Waals surface area contributed by atoms with Crippen LogP contribution in [0.4, 0.5) is 14.9 Å². The Kier molecular flexibility index (Phi) is 4.72. The summed E-state index contributed by atoms with van der Waals surface area (Å²) < 4.78 is 13.1. The molecule has 0 saturated carbocycles. The van der Waals surface area contributed by atoms with E-state index in [0.717, 1.165) is 0 Å². The number of urea groups is 1. The van der Waals surface area contributed by atoms with Crippen LogP contribution in [0.2, 0.25) is 0 Å². The highest BCUT2D eigenvalue weighted by molar-refractivity contribution is 5.90. The second-order valence-corrected chi connectivity index (χ2v) is 3.37. The maximum atomic E-state index is 13.1. The average molecular weight is 226 g/mol. The normalized spacial score (nSPS) is 9.94. The van der Waals surface area contributed by atoms with Gasteiger partial charge in [0.15, 0.2) is 0 Å². The molecule has 1 aromatic rings. The van der Waals surface area contributed by atoms with Crippen LogP contribution in [0.5, 0.6) is 0 Å². The van der Waals surface area contributed by atoms with Gasteiger partial charge in [-0.3, -0.25) is 0 Å². The van der Waals surface area contributed by atoms with E-state index in [1.807, 2.05) is 0 Å². The second-order valence-electron chi connectivity index (χ2n) is 3.37. The first kappa shape index (κ1) is 12.4. The largest absolute Gasteiger partial charge is 0.396 e. The van der Waals surface area contributed by atoms with E-state index >= 15 is 0 Å². The highest BCUT2D eigenvalue weighted by Crippen LogP contribution is 2.16. The summed E-state index contributed by atoms with van der Waals surface area (Å²) in [6, 6.07) is 4.10. The number of carbonyl (C=O) groups excluding carboxylic acids is 1. The predicted octanol–water partition coefficient (Wildman–Crippen LogP) is 1.64. The Hall–Kier alpha value is -1.62. The molecule has 0 heterocycles. The van der Waals surface area contributed by atoms with E-state index in [0.29, 0.717) is 24.2 Å². The summed E-state index contributed by atoms with van der Waals surface area (Å²) in [5, 5.41) is 13.6. The fraction of sp³-hybridized carbons (Fsp3) is 0.364. The zero-order valence-electron chi connectivity index (χ0n) is 9.09. The van der Waals surface area contributed by atoms with E-state index in [-0.39, 0.29) is 12.4 Å². The van der Waals surface area contributed by atoms with Crippen LogP contribution in [0.1, 0.15) is 12.0 Å². The highest BCUT2D eigenvalue weighted by Gasteiger charge is 2.06. The van der Waals surface area contributed by atoms with Gasteiger partial charge in [0.05, 0.1) is 0 Å². The maximum Gasteiger partial charge on any atom is 0.319 e. The lowest BCUT2D eigenvalue weighted by Crippen LogP contribution is -2.30. The van der Waals surface area contributed by atoms with Crippen LogP contribution in [0, 0.1) is 12.7 Å². The van der Waals surface area contributed by atoms with E-state index in [1.54, 1.807) is 13.0 Å². The number of aliphatic hydroxyl groups is 1. The number of carbonyl (C=O) groups is 1. The van der Waals surface area contributed by atoms with Crippen LogP contribution in [0.25, 0.3) is 0 Å². The number of halogens is 1. The van der Waals surface area contributed by atoms with E-state index in [4.69, 9.17) is 5.11 Å². The van der Waals surface area contributed by atoms with Crippen molar-refractivity contribution in [2.24, 2.45) is 0 Å². The van der Waals surface area contributed by atoms with Crippen molar-refractivity contribution < 1.29 is 14.3 Å². The van der Waals surface area contributed by atoms with Gasteiger partial charge in [-0.1, -0.05) is 6.07 Å². The molecule has 0 bridgehead atoms. The van der Waals surface area contributed by atoms with Crippen molar-refractivity contribution in [3.05, 3.63) is 29.6 Å². The van der Waals surface area contributed by atoms with Gasteiger partial charge in [-0.25, -0.2) is 9.18 Å². The molecule has 0 atom stereocenters. The van der Waals surface area contributed by atoms with Gasteiger partial charge >= 0.3 is 6.03 Å². The molecule has 0 aliphatic rings. The molecular formula is C11H15FN2O2. The summed E-state index contributed by atoms with van der Waals surface area (Å²) >= 11 is 0. The third-order valence-electron chi connectivity index (χ3n) is 2.14. The first-order chi connectivity index (χ1) is 7.65. The molecule has 5 heteroatoms. The number of hydrogen-bond acceptors (Lipinski definition) is 2. The quantitative estimate of drug-likeness (QED) is 0.683. The second kappa shape index (κ2) is 6.07. The molecule has 0 fully saturated rings. The van der Waals surface area contributed by atoms with Crippen molar-refractivity contribution in [2.45, 2.75) is 13.3 Å². The molecule has 0 spiro atoms. The van der Waals surface area contributed by atoms with Gasteiger partial charge in [-0.2, -0.15) is 0 Å². The van der Waals surface area contributed by atoms with Crippen LogP contribution >= 0.6 is 0 Å². The smallest absolute Gasteiger partial charge is 0.319 e. The number of nitrogens with one attached hydrogen (secondary N) is 2. The number of aliphatic hydroxyl groups excluding tert-OH is 1. The zero-order valence-corrected chi connectivity index (χ0v) is 9.09. The van der Waals surface area contributed by atoms with Crippen LogP contribution in [-0.4, -0.2) is 24.3 Å². The summed E-state index contributed by atoms with van der Waals surface area (Å²) in [4.78, 5) is 11.3. The molecule has 0 radical (unpaired) electrons. The summed E-state index contributed by atoms with van der Waals surface area (Å²) in [7, 11) is 0. The summed E-state index contributed by atoms with van der Waals surface area (Å²) in [5.74, 6) is -0.354. The Morgan fingerprint density at radius 2 is 2.25 bits per heavy atom. The summed E-state index contributed by atoms with van der Waals surface area (Å²) in [5.41, 5.74) is 0.848. The molecule has 0 saturated heterocycles. The maximum absolute atomic E-state index is 13.1. The third-order valence-corrected chi connectivity index (χ3v) is 2.14. The lowest BCUT2D eigenvalue weighted by atomic mass is 10.2. The number of anilines is 1. The minimum atomic E-state index is -0.401. The van der Waals surface area contributed by atoms with Gasteiger partial charge < -0.3 is 15.7 Å². The molecule has 88 valence electrons. The minimum Gasteiger partial charge on any atom is -0.396 e. The van der Waals surface area contributed by atoms with Crippen molar-refractivity contribution in [3.8, 4) is 0 Å². The number of hydrogen-bond donors (Lipinski definition) is 3. The molecule has 0 aliphatic carbocycles. The lowest BCUT2D eigenvalue weighted by Gasteiger charge is -2.09. The van der Waals surface area contributed by atoms with Crippen molar-refractivity contribution in [1.82, 2.24) is 5.32 Å². The summed E-state index contributed by atoms with van der Waals surface area (Å²) in [6.07, 6.45) is 0.496. The standard InChI is InChI=1S/C11H15FN2O2/c1-8-9(12)4-2-5-10(8)14-11(16)13-6-3-7-15/h2,4-5,15H,3,6-7H2,1H3,(H2,13,14,16). The molecule has 16 heavy (non-hydrogen) atoms. The van der Waals surface area contributed by atoms with E-state index in [9.17, 15) is 9.18 Å². The van der Waals surface area contributed by atoms with Crippen molar-refractivity contribution >= 4 is 11.7 Å². The molecule has 1 rings (SSSR count). The van der Waals surface area contributed by atoms with E-state index in [1.165, 1.54) is 12.1 Å². The molecule has 2 amide bonds. The molecule has 0 aliphatic heterocycles. The van der Waals surface area contributed by atoms with Gasteiger partial charge in [0, 0.05) is 24.4 Å². The Labute approximate surface area is 93.5 Å². The molecular weight excluding hydrogens is 211 g/mol. The Morgan fingerprint density at radius 1 is 1.50 bits per heavy atom. The van der Waals surface area contributed by atoms with Crippen LogP contribution in [0.3, 0.4) is 0 Å². The van der Waals surface area contributed by atoms with Crippen molar-refractivity contribution in [3.63, 3.8) is 0 Å². The van der Waals surface area contributed by atoms with Crippen LogP contribution < -0.4 is 10.6 Å². The molecule has 4 nitrogen and oxygen atoms in total. The van der Waals surface area contributed by atoms with Gasteiger partial charge in [-0.15, -0.1) is 0 Å². The van der Waals surface area contributed by atoms with Crippen molar-refractivity contribution in [1.29, 1.82) is 0 Å². The number of amides is 2. The van der Waals surface area contributed by atoms with Gasteiger partial charge in [0.1, 0.15) is 5.82 Å². The lowest BCUT2D eigenvalue weighted by molar-refractivity contribution is 0.249. The first-order valence-electron chi connectivity index (χ1n) is 5.06. The Bertz CT molecular complexity index is 369. The summed E-state index contributed by atoms with van der Waals surface area (Å²) in [6.45, 7) is 2.01. The predicted molar refractivity (Wildman–Crippen MR) is 59.9 cm³/mol. The number of rotatable bonds is 4. The van der Waals surface area contributed by atoms with Gasteiger partial charge in [-0.05, 0) is 25.5 Å². The zero-order chi connectivity index (χ0) is 12.0. The third kappa shape index (κ3) is 3.51. The van der Waals surface area contributed by atoms with Gasteiger partial charge in [0.2, 0.25) is 0 Å². The van der Waals surface area contributed by atoms with Gasteiger partial charge in [0.25, 0.3) is 0 Å². The first-order valence-corrected chi connectivity index (χ1v) is 5.06. The fourth-order valence-corrected chi connectivity index (χ4v) is 1.19. The molecule has 1 aromatic carbocycles. The van der Waals surface area contributed by atoms with Crippen LogP contribution in [-0.2, 0) is 0 Å². The SMILES string of the molecule is Cc1c(F)cccc1NC(=O)NCCCO. The molecule has 0 aromatic heterocycles. The van der Waals surface area contributed by atoms with E-state index < -0.39 is 6.03 Å². The van der Waals surface area contributed by atoms with E-state index in [2.05, 4.69) is 10.6 Å². The Morgan fingerprint density at radius 3 is 2.94 bits per heavy atom. The average Bonchev–Trinajstić information content (AvgIpc) is 2.25. The topological polar surface area (TPSA) is 61.4 Å².